The zero-order valence-electron chi connectivity index (χ0n) is 16.0. The molecule has 1 aliphatic carbocycles. The Morgan fingerprint density at radius 3 is 2.18 bits per heavy atom. The van der Waals surface area contributed by atoms with Crippen molar-refractivity contribution in [2.45, 2.75) is 44.6 Å². The first-order valence-corrected chi connectivity index (χ1v) is 10.1. The maximum Gasteiger partial charge on any atom is 0.257 e. The zero-order chi connectivity index (χ0) is 19.3. The Labute approximate surface area is 165 Å². The van der Waals surface area contributed by atoms with Crippen molar-refractivity contribution in [3.8, 4) is 0 Å². The highest BCUT2D eigenvalue weighted by atomic mass is 16.2. The lowest BCUT2D eigenvalue weighted by Gasteiger charge is -2.20. The number of nitrogens with one attached hydrogen (secondary N) is 2. The first-order valence-electron chi connectivity index (χ1n) is 10.1. The first-order chi connectivity index (χ1) is 13.7. The van der Waals surface area contributed by atoms with Gasteiger partial charge in [0.1, 0.15) is 5.82 Å². The van der Waals surface area contributed by atoms with E-state index in [2.05, 4.69) is 15.6 Å². The molecule has 2 heterocycles. The highest BCUT2D eigenvalue weighted by molar-refractivity contribution is 6.04. The van der Waals surface area contributed by atoms with Crippen molar-refractivity contribution >= 4 is 23.3 Å². The Bertz CT molecular complexity index is 821. The number of carbonyl (C=O) groups excluding carboxylic acids is 2. The molecule has 1 aliphatic heterocycles. The summed E-state index contributed by atoms with van der Waals surface area (Å²) < 4.78 is 0. The molecule has 0 bridgehead atoms. The van der Waals surface area contributed by atoms with Crippen molar-refractivity contribution in [3.63, 3.8) is 0 Å². The molecule has 6 nitrogen and oxygen atoms in total. The molecule has 2 N–H and O–H groups in total. The Hall–Kier alpha value is -2.89. The van der Waals surface area contributed by atoms with Gasteiger partial charge in [-0.2, -0.15) is 0 Å². The van der Waals surface area contributed by atoms with Gasteiger partial charge in [-0.05, 0) is 62.1 Å². The number of likely N-dealkylation sites (tertiary alicyclic amines) is 1. The van der Waals surface area contributed by atoms with Gasteiger partial charge in [0.05, 0.1) is 5.56 Å². The van der Waals surface area contributed by atoms with E-state index in [4.69, 9.17) is 0 Å². The highest BCUT2D eigenvalue weighted by Crippen LogP contribution is 2.23. The number of carbonyl (C=O) groups is 2. The zero-order valence-corrected chi connectivity index (χ0v) is 16.0. The highest BCUT2D eigenvalue weighted by Gasteiger charge is 2.21. The van der Waals surface area contributed by atoms with Gasteiger partial charge in [0.15, 0.2) is 0 Å². The van der Waals surface area contributed by atoms with Crippen LogP contribution in [-0.2, 0) is 0 Å². The summed E-state index contributed by atoms with van der Waals surface area (Å²) in [5.74, 6) is 0.662. The second-order valence-corrected chi connectivity index (χ2v) is 7.59. The summed E-state index contributed by atoms with van der Waals surface area (Å²) in [6, 6.07) is 11.2. The minimum atomic E-state index is -0.211. The summed E-state index contributed by atoms with van der Waals surface area (Å²) in [4.78, 5) is 31.3. The van der Waals surface area contributed by atoms with Crippen molar-refractivity contribution in [2.24, 2.45) is 0 Å². The van der Waals surface area contributed by atoms with Gasteiger partial charge < -0.3 is 15.5 Å². The molecule has 2 fully saturated rings. The summed E-state index contributed by atoms with van der Waals surface area (Å²) in [5, 5.41) is 6.16. The molecular formula is C22H26N4O2. The van der Waals surface area contributed by atoms with Crippen LogP contribution in [0.4, 0.5) is 11.5 Å². The van der Waals surface area contributed by atoms with Crippen LogP contribution in [0.25, 0.3) is 0 Å². The Morgan fingerprint density at radius 2 is 1.57 bits per heavy atom. The molecule has 2 aromatic rings. The number of benzene rings is 1. The van der Waals surface area contributed by atoms with Crippen LogP contribution in [0.15, 0.2) is 42.6 Å². The molecule has 28 heavy (non-hydrogen) atoms. The van der Waals surface area contributed by atoms with Crippen molar-refractivity contribution in [3.05, 3.63) is 53.7 Å². The molecule has 0 radical (unpaired) electrons. The van der Waals surface area contributed by atoms with Gasteiger partial charge in [-0.1, -0.05) is 12.8 Å². The molecular weight excluding hydrogens is 352 g/mol. The third-order valence-corrected chi connectivity index (χ3v) is 5.24. The minimum Gasteiger partial charge on any atom is -0.367 e. The Balaban J connectivity index is 1.35. The van der Waals surface area contributed by atoms with Crippen LogP contribution >= 0.6 is 0 Å². The number of pyridine rings is 1. The maximum atomic E-state index is 12.6. The average molecular weight is 378 g/mol. The van der Waals surface area contributed by atoms with Crippen LogP contribution in [0, 0.1) is 0 Å². The molecule has 0 spiro atoms. The van der Waals surface area contributed by atoms with Crippen molar-refractivity contribution in [2.75, 3.05) is 23.7 Å². The monoisotopic (exact) mass is 378 g/mol. The fraction of sp³-hybridized carbons (Fsp3) is 0.409. The normalized spacial score (nSPS) is 16.9. The lowest BCUT2D eigenvalue weighted by molar-refractivity contribution is 0.0761. The van der Waals surface area contributed by atoms with Crippen molar-refractivity contribution in [1.29, 1.82) is 0 Å². The largest absolute Gasteiger partial charge is 0.367 e. The molecule has 2 amide bonds. The Morgan fingerprint density at radius 1 is 0.893 bits per heavy atom. The van der Waals surface area contributed by atoms with E-state index < -0.39 is 0 Å². The van der Waals surface area contributed by atoms with E-state index >= 15 is 0 Å². The van der Waals surface area contributed by atoms with Crippen LogP contribution < -0.4 is 10.6 Å². The van der Waals surface area contributed by atoms with Crippen LogP contribution in [0.1, 0.15) is 59.2 Å². The van der Waals surface area contributed by atoms with Gasteiger partial charge in [0.25, 0.3) is 11.8 Å². The summed E-state index contributed by atoms with van der Waals surface area (Å²) in [6.07, 6.45) is 8.48. The minimum absolute atomic E-state index is 0.0720. The summed E-state index contributed by atoms with van der Waals surface area (Å²) in [7, 11) is 0. The second-order valence-electron chi connectivity index (χ2n) is 7.59. The van der Waals surface area contributed by atoms with E-state index in [0.29, 0.717) is 22.9 Å². The molecule has 1 aromatic heterocycles. The van der Waals surface area contributed by atoms with E-state index in [9.17, 15) is 9.59 Å². The SMILES string of the molecule is O=C(Nc1ccc(C(=O)N2CCCCCC2)cc1)c1ccc(NC2CC2)nc1. The van der Waals surface area contributed by atoms with E-state index in [1.807, 2.05) is 11.0 Å². The average Bonchev–Trinajstić information content (AvgIpc) is 3.55. The van der Waals surface area contributed by atoms with E-state index in [1.54, 1.807) is 36.5 Å². The predicted octanol–water partition coefficient (Wildman–Crippen LogP) is 3.92. The van der Waals surface area contributed by atoms with Crippen LogP contribution in [0.5, 0.6) is 0 Å². The first kappa shape index (κ1) is 18.5. The molecule has 0 atom stereocenters. The third-order valence-electron chi connectivity index (χ3n) is 5.24. The van der Waals surface area contributed by atoms with Gasteiger partial charge in [-0.15, -0.1) is 0 Å². The lowest BCUT2D eigenvalue weighted by Crippen LogP contribution is -2.31. The molecule has 2 aliphatic rings. The number of hydrogen-bond acceptors (Lipinski definition) is 4. The lowest BCUT2D eigenvalue weighted by atomic mass is 10.1. The van der Waals surface area contributed by atoms with E-state index in [-0.39, 0.29) is 11.8 Å². The number of anilines is 2. The van der Waals surface area contributed by atoms with E-state index in [0.717, 1.165) is 31.7 Å². The molecule has 1 aromatic carbocycles. The fourth-order valence-electron chi connectivity index (χ4n) is 3.41. The van der Waals surface area contributed by atoms with Gasteiger partial charge in [-0.25, -0.2) is 4.98 Å². The maximum absolute atomic E-state index is 12.6. The Kier molecular flexibility index (Phi) is 5.55. The number of rotatable bonds is 5. The molecule has 1 saturated heterocycles. The van der Waals surface area contributed by atoms with Gasteiger partial charge in [0.2, 0.25) is 0 Å². The summed E-state index contributed by atoms with van der Waals surface area (Å²) in [5.41, 5.74) is 1.83. The standard InChI is InChI=1S/C22H26N4O2/c27-21(17-7-12-20(23-15-17)24-18-10-11-18)25-19-8-5-16(6-9-19)22(28)26-13-3-1-2-4-14-26/h5-9,12,15,18H,1-4,10-11,13-14H2,(H,23,24)(H,25,27). The molecule has 6 heteroatoms. The van der Waals surface area contributed by atoms with E-state index in [1.165, 1.54) is 25.7 Å². The second kappa shape index (κ2) is 8.42. The number of hydrogen-bond donors (Lipinski definition) is 2. The molecule has 146 valence electrons. The smallest absolute Gasteiger partial charge is 0.257 e. The number of nitrogens with zero attached hydrogens (tertiary/aromatic N) is 2. The number of aromatic nitrogens is 1. The quantitative estimate of drug-likeness (QED) is 0.827. The topological polar surface area (TPSA) is 74.3 Å². The van der Waals surface area contributed by atoms with Gasteiger partial charge >= 0.3 is 0 Å². The fourth-order valence-corrected chi connectivity index (χ4v) is 3.41. The molecule has 1 saturated carbocycles. The predicted molar refractivity (Wildman–Crippen MR) is 110 cm³/mol. The van der Waals surface area contributed by atoms with Crippen LogP contribution in [0.2, 0.25) is 0 Å². The van der Waals surface area contributed by atoms with Gasteiger partial charge in [0, 0.05) is 36.6 Å². The summed E-state index contributed by atoms with van der Waals surface area (Å²) >= 11 is 0. The van der Waals surface area contributed by atoms with Crippen molar-refractivity contribution in [1.82, 2.24) is 9.88 Å². The number of amides is 2. The van der Waals surface area contributed by atoms with Crippen LogP contribution in [-0.4, -0.2) is 40.8 Å². The van der Waals surface area contributed by atoms with Crippen molar-refractivity contribution < 1.29 is 9.59 Å². The van der Waals surface area contributed by atoms with Gasteiger partial charge in [-0.3, -0.25) is 9.59 Å². The third kappa shape index (κ3) is 4.68. The molecule has 4 rings (SSSR count). The molecule has 0 unspecified atom stereocenters. The summed E-state index contributed by atoms with van der Waals surface area (Å²) in [6.45, 7) is 1.66. The van der Waals surface area contributed by atoms with Crippen LogP contribution in [0.3, 0.4) is 0 Å².